The molecular formula is C41H60N2O5. The molecule has 0 heterocycles. The predicted octanol–water partition coefficient (Wildman–Crippen LogP) is 7.91. The van der Waals surface area contributed by atoms with Gasteiger partial charge in [-0.2, -0.15) is 0 Å². The summed E-state index contributed by atoms with van der Waals surface area (Å²) in [6, 6.07) is 7.50. The van der Waals surface area contributed by atoms with Crippen molar-refractivity contribution in [2.75, 3.05) is 19.6 Å². The minimum absolute atomic E-state index is 0.0237. The average Bonchev–Trinajstić information content (AvgIpc) is 3.42. The maximum Gasteiger partial charge on any atom is 0.335 e. The third-order valence-electron chi connectivity index (χ3n) is 15.7. The second kappa shape index (κ2) is 12.3. The summed E-state index contributed by atoms with van der Waals surface area (Å²) in [5.74, 6) is 1.58. The number of amides is 1. The van der Waals surface area contributed by atoms with Crippen LogP contribution in [0.2, 0.25) is 0 Å². The number of carbonyl (C=O) groups is 3. The van der Waals surface area contributed by atoms with Crippen LogP contribution in [-0.4, -0.2) is 47.7 Å². The van der Waals surface area contributed by atoms with Gasteiger partial charge in [0, 0.05) is 13.1 Å². The number of fused-ring (bicyclic) bond motifs is 7. The van der Waals surface area contributed by atoms with Crippen molar-refractivity contribution < 1.29 is 24.6 Å². The minimum atomic E-state index is -0.884. The summed E-state index contributed by atoms with van der Waals surface area (Å²) in [5, 5.41) is 24.6. The zero-order chi connectivity index (χ0) is 34.9. The van der Waals surface area contributed by atoms with Gasteiger partial charge in [0.15, 0.2) is 0 Å². The quantitative estimate of drug-likeness (QED) is 0.200. The van der Waals surface area contributed by atoms with Crippen LogP contribution < -0.4 is 10.6 Å². The lowest BCUT2D eigenvalue weighted by atomic mass is 9.32. The van der Waals surface area contributed by atoms with Crippen molar-refractivity contribution in [1.29, 1.82) is 0 Å². The van der Waals surface area contributed by atoms with E-state index in [1.807, 2.05) is 12.1 Å². The number of benzene rings is 1. The van der Waals surface area contributed by atoms with Gasteiger partial charge in [0.1, 0.15) is 0 Å². The van der Waals surface area contributed by atoms with E-state index >= 15 is 0 Å². The molecule has 0 radical (unpaired) electrons. The number of carboxylic acid groups (broad SMARTS) is 2. The molecule has 5 aliphatic carbocycles. The average molecular weight is 661 g/mol. The van der Waals surface area contributed by atoms with Crippen LogP contribution in [0.4, 0.5) is 0 Å². The normalized spacial score (nSPS) is 39.8. The molecule has 4 saturated carbocycles. The molecule has 48 heavy (non-hydrogen) atoms. The van der Waals surface area contributed by atoms with Crippen molar-refractivity contribution in [2.24, 2.45) is 62.6 Å². The van der Waals surface area contributed by atoms with Gasteiger partial charge < -0.3 is 20.8 Å². The van der Waals surface area contributed by atoms with E-state index in [1.54, 1.807) is 12.1 Å². The highest BCUT2D eigenvalue weighted by Gasteiger charge is 2.71. The van der Waals surface area contributed by atoms with Crippen molar-refractivity contribution in [3.8, 4) is 0 Å². The third kappa shape index (κ3) is 5.19. The second-order valence-corrected chi connectivity index (χ2v) is 18.0. The van der Waals surface area contributed by atoms with Crippen LogP contribution >= 0.6 is 0 Å². The molecule has 1 amide bonds. The van der Waals surface area contributed by atoms with E-state index in [-0.39, 0.29) is 39.5 Å². The predicted molar refractivity (Wildman–Crippen MR) is 189 cm³/mol. The fourth-order valence-corrected chi connectivity index (χ4v) is 13.3. The maximum atomic E-state index is 14.2. The number of carboxylic acids is 2. The van der Waals surface area contributed by atoms with Crippen molar-refractivity contribution in [3.05, 3.63) is 41.5 Å². The molecule has 1 aromatic carbocycles. The summed E-state index contributed by atoms with van der Waals surface area (Å²) in [4.78, 5) is 36.7. The smallest absolute Gasteiger partial charge is 0.335 e. The van der Waals surface area contributed by atoms with E-state index in [2.05, 4.69) is 65.2 Å². The molecule has 0 spiro atoms. The van der Waals surface area contributed by atoms with Crippen molar-refractivity contribution >= 4 is 23.4 Å². The van der Waals surface area contributed by atoms with Gasteiger partial charge in [0.25, 0.3) is 0 Å². The van der Waals surface area contributed by atoms with Gasteiger partial charge in [0.2, 0.25) is 5.91 Å². The van der Waals surface area contributed by atoms with Crippen molar-refractivity contribution in [3.63, 3.8) is 0 Å². The molecule has 7 heteroatoms. The molecule has 0 unspecified atom stereocenters. The summed E-state index contributed by atoms with van der Waals surface area (Å²) in [6.45, 7) is 18.3. The van der Waals surface area contributed by atoms with Gasteiger partial charge in [0.05, 0.1) is 17.5 Å². The molecule has 5 aliphatic rings. The number of rotatable bonds is 9. The van der Waals surface area contributed by atoms with Crippen LogP contribution in [0.3, 0.4) is 0 Å². The second-order valence-electron chi connectivity index (χ2n) is 18.0. The molecule has 0 saturated heterocycles. The standard InChI is InChI=1S/C41H60N2O5/c1-25(2)28-14-19-41(36(48)43-23-22-42-24-33(44)45)21-20-39(6)30(34(28)41)12-13-32-38(5)17-15-29(26-8-10-27(11-9-26)35(46)47)37(3,4)31(38)16-18-40(32,39)7/h8-11,15,25,28,30-32,34,42H,12-14,16-24H2,1-7H3,(H,43,48)(H,44,45)(H,46,47)/t28-,30+,31-,32+,34+,38-,39+,40+,41-/m0/s1. The number of aromatic carboxylic acids is 1. The molecule has 7 nitrogen and oxygen atoms in total. The molecule has 4 fully saturated rings. The van der Waals surface area contributed by atoms with Crippen LogP contribution in [0, 0.1) is 62.6 Å². The SMILES string of the molecule is CC(C)[C@@H]1CC[C@]2(C(=O)NCCNCC(=O)O)CC[C@]3(C)[C@H](CC[C@@H]4[C@@]5(C)CC=C(c6ccc(C(=O)O)cc6)C(C)(C)[C@@H]5CC[C@]43C)[C@@H]12. The number of nitrogens with one attached hydrogen (secondary N) is 2. The number of hydrogen-bond donors (Lipinski definition) is 4. The molecule has 1 aromatic rings. The minimum Gasteiger partial charge on any atom is -0.480 e. The first-order chi connectivity index (χ1) is 22.5. The Morgan fingerprint density at radius 3 is 2.19 bits per heavy atom. The zero-order valence-corrected chi connectivity index (χ0v) is 30.5. The Labute approximate surface area is 288 Å². The van der Waals surface area contributed by atoms with E-state index < -0.39 is 11.9 Å². The first kappa shape index (κ1) is 35.2. The lowest BCUT2D eigenvalue weighted by molar-refractivity contribution is -0.227. The third-order valence-corrected chi connectivity index (χ3v) is 15.7. The molecular weight excluding hydrogens is 600 g/mol. The number of allylic oxidation sites excluding steroid dienone is 2. The Morgan fingerprint density at radius 1 is 0.833 bits per heavy atom. The van der Waals surface area contributed by atoms with Gasteiger partial charge in [-0.25, -0.2) is 4.79 Å². The number of carbonyl (C=O) groups excluding carboxylic acids is 1. The Bertz CT molecular complexity index is 1470. The summed E-state index contributed by atoms with van der Waals surface area (Å²) in [5.41, 5.74) is 3.04. The van der Waals surface area contributed by atoms with Crippen LogP contribution in [0.5, 0.6) is 0 Å². The lowest BCUT2D eigenvalue weighted by Crippen LogP contribution is -2.66. The number of hydrogen-bond acceptors (Lipinski definition) is 4. The molecule has 0 bridgehead atoms. The van der Waals surface area contributed by atoms with Crippen LogP contribution in [0.15, 0.2) is 30.3 Å². The van der Waals surface area contributed by atoms with Crippen LogP contribution in [0.1, 0.15) is 122 Å². The molecule has 9 atom stereocenters. The Hall–Kier alpha value is -2.67. The molecule has 4 N–H and O–H groups in total. The lowest BCUT2D eigenvalue weighted by Gasteiger charge is -2.72. The van der Waals surface area contributed by atoms with E-state index in [9.17, 15) is 19.5 Å². The van der Waals surface area contributed by atoms with Crippen molar-refractivity contribution in [2.45, 2.75) is 106 Å². The van der Waals surface area contributed by atoms with Crippen LogP contribution in [-0.2, 0) is 9.59 Å². The maximum absolute atomic E-state index is 14.2. The fraction of sp³-hybridized carbons (Fsp3) is 0.732. The molecule has 264 valence electrons. The summed E-state index contributed by atoms with van der Waals surface area (Å²) >= 11 is 0. The highest BCUT2D eigenvalue weighted by atomic mass is 16.4. The topological polar surface area (TPSA) is 116 Å². The van der Waals surface area contributed by atoms with E-state index in [4.69, 9.17) is 5.11 Å². The molecule has 0 aliphatic heterocycles. The van der Waals surface area contributed by atoms with E-state index in [1.165, 1.54) is 31.3 Å². The summed E-state index contributed by atoms with van der Waals surface area (Å²) in [6.07, 6.45) is 12.5. The first-order valence-electron chi connectivity index (χ1n) is 18.8. The monoisotopic (exact) mass is 660 g/mol. The zero-order valence-electron chi connectivity index (χ0n) is 30.5. The van der Waals surface area contributed by atoms with Gasteiger partial charge in [-0.05, 0) is 138 Å². The number of aliphatic carboxylic acids is 1. The summed E-state index contributed by atoms with van der Waals surface area (Å²) in [7, 11) is 0. The Morgan fingerprint density at radius 2 is 1.54 bits per heavy atom. The van der Waals surface area contributed by atoms with E-state index in [0.29, 0.717) is 54.2 Å². The van der Waals surface area contributed by atoms with Gasteiger partial charge in [-0.15, -0.1) is 0 Å². The van der Waals surface area contributed by atoms with Gasteiger partial charge in [-0.3, -0.25) is 9.59 Å². The fourth-order valence-electron chi connectivity index (χ4n) is 13.3. The highest BCUT2D eigenvalue weighted by Crippen LogP contribution is 2.77. The largest absolute Gasteiger partial charge is 0.480 e. The summed E-state index contributed by atoms with van der Waals surface area (Å²) < 4.78 is 0. The molecule has 6 rings (SSSR count). The van der Waals surface area contributed by atoms with Crippen LogP contribution in [0.25, 0.3) is 5.57 Å². The Kier molecular flexibility index (Phi) is 9.00. The van der Waals surface area contributed by atoms with Gasteiger partial charge in [-0.1, -0.05) is 66.7 Å². The van der Waals surface area contributed by atoms with Gasteiger partial charge >= 0.3 is 11.9 Å². The highest BCUT2D eigenvalue weighted by molar-refractivity contribution is 5.88. The first-order valence-corrected chi connectivity index (χ1v) is 18.8. The molecule has 0 aromatic heterocycles. The van der Waals surface area contributed by atoms with E-state index in [0.717, 1.165) is 37.7 Å². The Balaban J connectivity index is 1.29. The van der Waals surface area contributed by atoms with Crippen molar-refractivity contribution in [1.82, 2.24) is 10.6 Å².